The summed E-state index contributed by atoms with van der Waals surface area (Å²) >= 11 is 1.09. The molecule has 2 heterocycles. The van der Waals surface area contributed by atoms with Crippen LogP contribution in [0.15, 0.2) is 52.8 Å². The number of rotatable bonds is 4. The van der Waals surface area contributed by atoms with Crippen LogP contribution in [0.4, 0.5) is 22.7 Å². The summed E-state index contributed by atoms with van der Waals surface area (Å²) in [4.78, 5) is 27.9. The van der Waals surface area contributed by atoms with Crippen LogP contribution in [-0.2, 0) is 17.5 Å². The van der Waals surface area contributed by atoms with Gasteiger partial charge in [-0.2, -0.15) is 13.2 Å². The highest BCUT2D eigenvalue weighted by Crippen LogP contribution is 2.28. The summed E-state index contributed by atoms with van der Waals surface area (Å²) in [6.07, 6.45) is -4.03. The zero-order chi connectivity index (χ0) is 19.6. The van der Waals surface area contributed by atoms with Crippen molar-refractivity contribution in [1.82, 2.24) is 9.55 Å². The molecule has 0 atom stereocenters. The van der Waals surface area contributed by atoms with Gasteiger partial charge < -0.3 is 9.88 Å². The van der Waals surface area contributed by atoms with Gasteiger partial charge in [-0.25, -0.2) is 9.37 Å². The van der Waals surface area contributed by atoms with Crippen molar-refractivity contribution >= 4 is 22.4 Å². The second-order valence-corrected chi connectivity index (χ2v) is 6.33. The lowest BCUT2D eigenvalue weighted by atomic mass is 10.2. The molecule has 3 rings (SSSR count). The number of anilines is 1. The molecule has 0 fully saturated rings. The minimum atomic E-state index is -4.62. The maximum Gasteiger partial charge on any atom is 0.417 e. The maximum atomic E-state index is 12.9. The van der Waals surface area contributed by atoms with Crippen molar-refractivity contribution in [3.8, 4) is 11.3 Å². The smallest absolute Gasteiger partial charge is 0.305 e. The van der Waals surface area contributed by atoms with Gasteiger partial charge in [0.1, 0.15) is 12.4 Å². The standard InChI is InChI=1S/C17H11F4N3O2S/c18-12-4-1-10(2-5-12)13-9-27-16(22-13)23-14(25)8-24-7-11(17(19,20)21)3-6-15(24)26/h1-7,9H,8H2,(H,22,23,25). The van der Waals surface area contributed by atoms with Gasteiger partial charge in [-0.15, -0.1) is 11.3 Å². The molecule has 2 aromatic heterocycles. The van der Waals surface area contributed by atoms with E-state index in [4.69, 9.17) is 0 Å². The fourth-order valence-corrected chi connectivity index (χ4v) is 2.96. The van der Waals surface area contributed by atoms with Crippen LogP contribution in [0.25, 0.3) is 11.3 Å². The Balaban J connectivity index is 1.72. The van der Waals surface area contributed by atoms with Gasteiger partial charge in [-0.3, -0.25) is 9.59 Å². The monoisotopic (exact) mass is 397 g/mol. The number of nitrogens with zero attached hydrogens (tertiary/aromatic N) is 2. The molecule has 27 heavy (non-hydrogen) atoms. The molecule has 0 saturated heterocycles. The molecule has 0 radical (unpaired) electrons. The first kappa shape index (κ1) is 18.8. The molecule has 140 valence electrons. The van der Waals surface area contributed by atoms with Crippen LogP contribution in [0.5, 0.6) is 0 Å². The van der Waals surface area contributed by atoms with Crippen molar-refractivity contribution in [2.45, 2.75) is 12.7 Å². The second-order valence-electron chi connectivity index (χ2n) is 5.47. The Morgan fingerprint density at radius 2 is 1.85 bits per heavy atom. The molecule has 0 spiro atoms. The van der Waals surface area contributed by atoms with E-state index in [2.05, 4.69) is 10.3 Å². The fraction of sp³-hybridized carbons (Fsp3) is 0.118. The van der Waals surface area contributed by atoms with Crippen molar-refractivity contribution in [2.24, 2.45) is 0 Å². The van der Waals surface area contributed by atoms with E-state index >= 15 is 0 Å². The number of amides is 1. The lowest BCUT2D eigenvalue weighted by molar-refractivity contribution is -0.138. The predicted molar refractivity (Wildman–Crippen MR) is 91.8 cm³/mol. The largest absolute Gasteiger partial charge is 0.417 e. The van der Waals surface area contributed by atoms with E-state index in [1.165, 1.54) is 24.3 Å². The van der Waals surface area contributed by atoms with Gasteiger partial charge in [0.15, 0.2) is 5.13 Å². The summed E-state index contributed by atoms with van der Waals surface area (Å²) in [5.74, 6) is -1.09. The Kier molecular flexibility index (Phi) is 5.08. The number of thiazole rings is 1. The Morgan fingerprint density at radius 1 is 1.15 bits per heavy atom. The van der Waals surface area contributed by atoms with Gasteiger partial charge in [-0.05, 0) is 30.3 Å². The number of halogens is 4. The predicted octanol–water partition coefficient (Wildman–Crippen LogP) is 3.77. The summed E-state index contributed by atoms with van der Waals surface area (Å²) < 4.78 is 51.8. The van der Waals surface area contributed by atoms with Crippen molar-refractivity contribution in [3.63, 3.8) is 0 Å². The average molecular weight is 397 g/mol. The highest BCUT2D eigenvalue weighted by Gasteiger charge is 2.31. The summed E-state index contributed by atoms with van der Waals surface area (Å²) in [6.45, 7) is -0.589. The number of carbonyl (C=O) groups excluding carboxylic acids is 1. The van der Waals surface area contributed by atoms with Gasteiger partial charge in [0, 0.05) is 23.2 Å². The van der Waals surface area contributed by atoms with Crippen molar-refractivity contribution in [3.05, 3.63) is 69.7 Å². The van der Waals surface area contributed by atoms with Crippen LogP contribution < -0.4 is 10.9 Å². The van der Waals surface area contributed by atoms with Crippen molar-refractivity contribution < 1.29 is 22.4 Å². The molecule has 0 aliphatic heterocycles. The van der Waals surface area contributed by atoms with Gasteiger partial charge >= 0.3 is 6.18 Å². The first-order valence-corrected chi connectivity index (χ1v) is 8.39. The molecule has 5 nitrogen and oxygen atoms in total. The third-order valence-corrected chi connectivity index (χ3v) is 4.27. The zero-order valence-corrected chi connectivity index (χ0v) is 14.3. The molecule has 3 aromatic rings. The molecule has 1 N–H and O–H groups in total. The highest BCUT2D eigenvalue weighted by atomic mass is 32.1. The lowest BCUT2D eigenvalue weighted by Crippen LogP contribution is -2.28. The van der Waals surface area contributed by atoms with E-state index in [0.717, 1.165) is 17.4 Å². The van der Waals surface area contributed by atoms with Crippen LogP contribution in [0.3, 0.4) is 0 Å². The van der Waals surface area contributed by atoms with Crippen LogP contribution >= 0.6 is 11.3 Å². The van der Waals surface area contributed by atoms with Gasteiger partial charge in [0.2, 0.25) is 5.91 Å². The Bertz CT molecular complexity index is 1030. The zero-order valence-electron chi connectivity index (χ0n) is 13.5. The van der Waals surface area contributed by atoms with E-state index in [1.807, 2.05) is 0 Å². The Labute approximate surface area is 153 Å². The summed E-state index contributed by atoms with van der Waals surface area (Å²) in [5, 5.41) is 4.28. The summed E-state index contributed by atoms with van der Waals surface area (Å²) in [6, 6.07) is 7.01. The lowest BCUT2D eigenvalue weighted by Gasteiger charge is -2.10. The van der Waals surface area contributed by atoms with Crippen molar-refractivity contribution in [1.29, 1.82) is 0 Å². The number of carbonyl (C=O) groups is 1. The molecule has 1 aromatic carbocycles. The number of nitrogens with one attached hydrogen (secondary N) is 1. The van der Waals surface area contributed by atoms with Crippen molar-refractivity contribution in [2.75, 3.05) is 5.32 Å². The highest BCUT2D eigenvalue weighted by molar-refractivity contribution is 7.14. The molecule has 0 unspecified atom stereocenters. The summed E-state index contributed by atoms with van der Waals surface area (Å²) in [5.41, 5.74) is -0.610. The SMILES string of the molecule is O=C(Cn1cc(C(F)(F)F)ccc1=O)Nc1nc(-c2ccc(F)cc2)cs1. The molecule has 1 amide bonds. The molecule has 0 saturated carbocycles. The molecular formula is C17H11F4N3O2S. The molecule has 10 heteroatoms. The third-order valence-electron chi connectivity index (χ3n) is 3.52. The molecule has 0 aliphatic carbocycles. The number of benzene rings is 1. The van der Waals surface area contributed by atoms with Gasteiger partial charge in [0.05, 0.1) is 11.3 Å². The van der Waals surface area contributed by atoms with Gasteiger partial charge in [-0.1, -0.05) is 0 Å². The molecule has 0 bridgehead atoms. The van der Waals surface area contributed by atoms with E-state index in [0.29, 0.717) is 28.1 Å². The van der Waals surface area contributed by atoms with E-state index in [9.17, 15) is 27.2 Å². The fourth-order valence-electron chi connectivity index (χ4n) is 2.22. The Morgan fingerprint density at radius 3 is 2.52 bits per heavy atom. The average Bonchev–Trinajstić information content (AvgIpc) is 3.04. The number of hydrogen-bond donors (Lipinski definition) is 1. The normalized spacial score (nSPS) is 11.4. The second kappa shape index (κ2) is 7.31. The van der Waals surface area contributed by atoms with Crippen LogP contribution in [0, 0.1) is 5.82 Å². The van der Waals surface area contributed by atoms with Crippen LogP contribution in [-0.4, -0.2) is 15.5 Å². The molecule has 0 aliphatic rings. The third kappa shape index (κ3) is 4.59. The number of aromatic nitrogens is 2. The first-order chi connectivity index (χ1) is 12.7. The maximum absolute atomic E-state index is 12.9. The number of pyridine rings is 1. The van der Waals surface area contributed by atoms with E-state index < -0.39 is 35.6 Å². The molecular weight excluding hydrogens is 386 g/mol. The van der Waals surface area contributed by atoms with Gasteiger partial charge in [0.25, 0.3) is 5.56 Å². The number of hydrogen-bond acceptors (Lipinski definition) is 4. The van der Waals surface area contributed by atoms with E-state index in [1.54, 1.807) is 5.38 Å². The minimum Gasteiger partial charge on any atom is -0.305 e. The van der Waals surface area contributed by atoms with Crippen LogP contribution in [0.2, 0.25) is 0 Å². The Hall–Kier alpha value is -3.01. The summed E-state index contributed by atoms with van der Waals surface area (Å²) in [7, 11) is 0. The number of alkyl halides is 3. The van der Waals surface area contributed by atoms with Crippen LogP contribution in [0.1, 0.15) is 5.56 Å². The minimum absolute atomic E-state index is 0.208. The van der Waals surface area contributed by atoms with E-state index in [-0.39, 0.29) is 5.13 Å². The topological polar surface area (TPSA) is 64.0 Å². The quantitative estimate of drug-likeness (QED) is 0.682. The first-order valence-electron chi connectivity index (χ1n) is 7.51.